The monoisotopic (exact) mass is 411 g/mol. The minimum Gasteiger partial charge on any atom is -0.497 e. The zero-order chi connectivity index (χ0) is 19.8. The van der Waals surface area contributed by atoms with E-state index in [1.165, 1.54) is 11.3 Å². The van der Waals surface area contributed by atoms with Crippen LogP contribution >= 0.6 is 22.9 Å². The number of aromatic nitrogens is 2. The molecule has 0 aliphatic carbocycles. The van der Waals surface area contributed by atoms with E-state index in [0.717, 1.165) is 33.2 Å². The fourth-order valence-electron chi connectivity index (χ4n) is 2.98. The summed E-state index contributed by atoms with van der Waals surface area (Å²) >= 11 is 7.51. The largest absolute Gasteiger partial charge is 0.497 e. The number of halogens is 1. The molecule has 0 fully saturated rings. The van der Waals surface area contributed by atoms with Crippen LogP contribution in [0.1, 0.15) is 20.9 Å². The molecule has 142 valence electrons. The third-order valence-corrected chi connectivity index (χ3v) is 6.23. The third kappa shape index (κ3) is 3.25. The summed E-state index contributed by atoms with van der Waals surface area (Å²) in [5, 5.41) is 3.57. The van der Waals surface area contributed by atoms with Crippen LogP contribution in [0.4, 0.5) is 5.69 Å². The molecular formula is C21H18ClN3O2S. The summed E-state index contributed by atoms with van der Waals surface area (Å²) in [7, 11) is 1.64. The fourth-order valence-corrected chi connectivity index (χ4v) is 4.16. The summed E-state index contributed by atoms with van der Waals surface area (Å²) in [5.74, 6) is 0.639. The Morgan fingerprint density at radius 2 is 1.93 bits per heavy atom. The van der Waals surface area contributed by atoms with E-state index < -0.39 is 0 Å². The molecule has 7 heteroatoms. The molecule has 0 aliphatic rings. The lowest BCUT2D eigenvalue weighted by atomic mass is 10.2. The van der Waals surface area contributed by atoms with Crippen molar-refractivity contribution in [2.45, 2.75) is 13.8 Å². The van der Waals surface area contributed by atoms with Crippen LogP contribution in [-0.2, 0) is 0 Å². The first-order chi connectivity index (χ1) is 13.5. The van der Waals surface area contributed by atoms with Gasteiger partial charge in [-0.1, -0.05) is 29.0 Å². The molecular weight excluding hydrogens is 394 g/mol. The van der Waals surface area contributed by atoms with Crippen molar-refractivity contribution >= 4 is 39.5 Å². The number of hydrogen-bond donors (Lipinski definition) is 1. The van der Waals surface area contributed by atoms with Crippen LogP contribution in [0.15, 0.2) is 48.7 Å². The highest BCUT2D eigenvalue weighted by molar-refractivity contribution is 7.19. The number of methoxy groups -OCH3 is 1. The van der Waals surface area contributed by atoms with Gasteiger partial charge in [0.25, 0.3) is 5.91 Å². The van der Waals surface area contributed by atoms with Gasteiger partial charge in [-0.05, 0) is 55.8 Å². The maximum atomic E-state index is 12.8. The van der Waals surface area contributed by atoms with Crippen LogP contribution < -0.4 is 10.1 Å². The minimum atomic E-state index is -0.163. The molecule has 2 heterocycles. The molecule has 0 bridgehead atoms. The molecule has 4 rings (SSSR count). The van der Waals surface area contributed by atoms with Gasteiger partial charge >= 0.3 is 0 Å². The normalized spacial score (nSPS) is 11.0. The average Bonchev–Trinajstić information content (AvgIpc) is 3.25. The molecule has 0 unspecified atom stereocenters. The van der Waals surface area contributed by atoms with Crippen molar-refractivity contribution in [1.29, 1.82) is 0 Å². The van der Waals surface area contributed by atoms with Crippen molar-refractivity contribution < 1.29 is 9.53 Å². The van der Waals surface area contributed by atoms with Crippen molar-refractivity contribution in [2.75, 3.05) is 12.4 Å². The molecule has 1 amide bonds. The first-order valence-electron chi connectivity index (χ1n) is 8.67. The lowest BCUT2D eigenvalue weighted by Crippen LogP contribution is -2.12. The van der Waals surface area contributed by atoms with Gasteiger partial charge in [0.05, 0.1) is 12.8 Å². The quantitative estimate of drug-likeness (QED) is 0.476. The van der Waals surface area contributed by atoms with E-state index in [9.17, 15) is 4.79 Å². The lowest BCUT2D eigenvalue weighted by molar-refractivity contribution is 0.102. The maximum absolute atomic E-state index is 12.8. The second-order valence-corrected chi connectivity index (χ2v) is 7.78. The van der Waals surface area contributed by atoms with E-state index in [1.54, 1.807) is 13.2 Å². The van der Waals surface area contributed by atoms with Gasteiger partial charge in [0.15, 0.2) is 4.96 Å². The number of amides is 1. The molecule has 0 spiro atoms. The number of nitrogens with one attached hydrogen (secondary N) is 1. The number of anilines is 1. The maximum Gasteiger partial charge on any atom is 0.267 e. The minimum absolute atomic E-state index is 0.163. The van der Waals surface area contributed by atoms with E-state index in [-0.39, 0.29) is 5.91 Å². The molecule has 0 aliphatic heterocycles. The summed E-state index contributed by atoms with van der Waals surface area (Å²) in [6, 6.07) is 13.2. The molecule has 0 saturated carbocycles. The molecule has 0 atom stereocenters. The van der Waals surface area contributed by atoms with Crippen LogP contribution in [0.5, 0.6) is 5.75 Å². The Balaban J connectivity index is 1.64. The topological polar surface area (TPSA) is 55.6 Å². The molecule has 2 aromatic carbocycles. The zero-order valence-corrected chi connectivity index (χ0v) is 17.2. The average molecular weight is 412 g/mol. The number of rotatable bonds is 4. The van der Waals surface area contributed by atoms with Crippen LogP contribution in [0.25, 0.3) is 16.2 Å². The van der Waals surface area contributed by atoms with E-state index in [4.69, 9.17) is 16.3 Å². The SMILES string of the molecule is COc1ccc(-c2cn3c(C)c(C(=O)Nc4cccc(Cl)c4C)sc3n2)cc1. The molecule has 1 N–H and O–H groups in total. The highest BCUT2D eigenvalue weighted by Gasteiger charge is 2.19. The summed E-state index contributed by atoms with van der Waals surface area (Å²) in [6.45, 7) is 3.80. The van der Waals surface area contributed by atoms with E-state index >= 15 is 0 Å². The number of fused-ring (bicyclic) bond motifs is 1. The van der Waals surface area contributed by atoms with Gasteiger partial charge in [-0.2, -0.15) is 0 Å². The smallest absolute Gasteiger partial charge is 0.267 e. The number of imidazole rings is 1. The Hall–Kier alpha value is -2.83. The number of thiazole rings is 1. The zero-order valence-electron chi connectivity index (χ0n) is 15.6. The van der Waals surface area contributed by atoms with Crippen LogP contribution in [0, 0.1) is 13.8 Å². The molecule has 2 aromatic heterocycles. The van der Waals surface area contributed by atoms with Gasteiger partial charge in [0.1, 0.15) is 10.6 Å². The van der Waals surface area contributed by atoms with Crippen LogP contribution in [0.3, 0.4) is 0 Å². The molecule has 28 heavy (non-hydrogen) atoms. The van der Waals surface area contributed by atoms with Gasteiger partial charge in [-0.15, -0.1) is 0 Å². The van der Waals surface area contributed by atoms with Crippen molar-refractivity contribution in [3.63, 3.8) is 0 Å². The molecule has 0 saturated heterocycles. The standard InChI is InChI=1S/C21H18ClN3O2S/c1-12-16(22)5-4-6-17(12)23-20(26)19-13(2)25-11-18(24-21(25)28-19)14-7-9-15(27-3)10-8-14/h4-11H,1-3H3,(H,23,26). The number of aryl methyl sites for hydroxylation is 1. The van der Waals surface area contributed by atoms with Crippen molar-refractivity contribution in [3.05, 3.63) is 69.8 Å². The van der Waals surface area contributed by atoms with Crippen LogP contribution in [0.2, 0.25) is 5.02 Å². The van der Waals surface area contributed by atoms with Gasteiger partial charge in [-0.3, -0.25) is 9.20 Å². The fraction of sp³-hybridized carbons (Fsp3) is 0.143. The highest BCUT2D eigenvalue weighted by atomic mass is 35.5. The van der Waals surface area contributed by atoms with Crippen molar-refractivity contribution in [2.24, 2.45) is 0 Å². The number of carbonyl (C=O) groups is 1. The molecule has 0 radical (unpaired) electrons. The highest BCUT2D eigenvalue weighted by Crippen LogP contribution is 2.29. The Morgan fingerprint density at radius 1 is 1.18 bits per heavy atom. The van der Waals surface area contributed by atoms with Gasteiger partial charge < -0.3 is 10.1 Å². The van der Waals surface area contributed by atoms with Gasteiger partial charge in [0.2, 0.25) is 0 Å². The van der Waals surface area contributed by atoms with Crippen molar-refractivity contribution in [1.82, 2.24) is 9.38 Å². The van der Waals surface area contributed by atoms with Gasteiger partial charge in [0, 0.05) is 28.2 Å². The van der Waals surface area contributed by atoms with E-state index in [0.29, 0.717) is 15.6 Å². The first kappa shape index (κ1) is 18.5. The summed E-state index contributed by atoms with van der Waals surface area (Å²) in [5.41, 5.74) is 4.26. The second kappa shape index (κ2) is 7.30. The van der Waals surface area contributed by atoms with E-state index in [1.807, 2.05) is 60.8 Å². The predicted octanol–water partition coefficient (Wildman–Crippen LogP) is 5.59. The van der Waals surface area contributed by atoms with Crippen molar-refractivity contribution in [3.8, 4) is 17.0 Å². The third-order valence-electron chi connectivity index (χ3n) is 4.66. The number of benzene rings is 2. The first-order valence-corrected chi connectivity index (χ1v) is 9.86. The second-order valence-electron chi connectivity index (χ2n) is 6.39. The summed E-state index contributed by atoms with van der Waals surface area (Å²) in [4.78, 5) is 18.9. The molecule has 5 nitrogen and oxygen atoms in total. The Morgan fingerprint density at radius 3 is 2.61 bits per heavy atom. The number of hydrogen-bond acceptors (Lipinski definition) is 4. The summed E-state index contributed by atoms with van der Waals surface area (Å²) < 4.78 is 7.15. The Labute approximate surface area is 171 Å². The molecule has 4 aromatic rings. The predicted molar refractivity (Wildman–Crippen MR) is 114 cm³/mol. The number of nitrogens with zero attached hydrogens (tertiary/aromatic N) is 2. The number of carbonyl (C=O) groups excluding carboxylic acids is 1. The Kier molecular flexibility index (Phi) is 4.83. The lowest BCUT2D eigenvalue weighted by Gasteiger charge is -2.08. The van der Waals surface area contributed by atoms with E-state index in [2.05, 4.69) is 10.3 Å². The summed E-state index contributed by atoms with van der Waals surface area (Å²) in [6.07, 6.45) is 1.95. The van der Waals surface area contributed by atoms with Gasteiger partial charge in [-0.25, -0.2) is 4.98 Å². The van der Waals surface area contributed by atoms with Crippen LogP contribution in [-0.4, -0.2) is 22.4 Å². The number of ether oxygens (including phenoxy) is 1. The Bertz CT molecular complexity index is 1180.